The summed E-state index contributed by atoms with van der Waals surface area (Å²) >= 11 is 0. The number of fused-ring (bicyclic) bond motifs is 5. The molecule has 0 atom stereocenters. The smallest absolute Gasteiger partial charge is 0.208 e. The van der Waals surface area contributed by atoms with Crippen molar-refractivity contribution in [2.75, 3.05) is 0 Å². The summed E-state index contributed by atoms with van der Waals surface area (Å²) in [5, 5.41) is 2.23. The van der Waals surface area contributed by atoms with Gasteiger partial charge in [0, 0.05) is 16.3 Å². The first-order valence-corrected chi connectivity index (χ1v) is 5.46. The largest absolute Gasteiger partial charge is 0.354 e. The van der Waals surface area contributed by atoms with Crippen LogP contribution in [0, 0.1) is 0 Å². The molecule has 1 aliphatic heterocycles. The van der Waals surface area contributed by atoms with Crippen molar-refractivity contribution in [1.29, 1.82) is 0 Å². The lowest BCUT2D eigenvalue weighted by atomic mass is 10.1. The maximum atomic E-state index is 11.8. The van der Waals surface area contributed by atoms with Gasteiger partial charge in [0.15, 0.2) is 0 Å². The molecule has 1 aromatic heterocycles. The van der Waals surface area contributed by atoms with Gasteiger partial charge in [-0.3, -0.25) is 9.79 Å². The van der Waals surface area contributed by atoms with E-state index in [1.165, 1.54) is 6.21 Å². The maximum Gasteiger partial charge on any atom is 0.208 e. The summed E-state index contributed by atoms with van der Waals surface area (Å²) in [4.78, 5) is 19.2. The SMILES string of the molecule is O=C1C=Nc2ccc3c([nH]c4ccccc43)c21. The summed E-state index contributed by atoms with van der Waals surface area (Å²) in [6.45, 7) is 0. The van der Waals surface area contributed by atoms with E-state index in [2.05, 4.69) is 16.0 Å². The second-order valence-electron chi connectivity index (χ2n) is 4.18. The maximum absolute atomic E-state index is 11.8. The van der Waals surface area contributed by atoms with Crippen LogP contribution < -0.4 is 0 Å². The van der Waals surface area contributed by atoms with E-state index in [0.29, 0.717) is 5.56 Å². The van der Waals surface area contributed by atoms with Gasteiger partial charge in [-0.1, -0.05) is 24.3 Å². The number of aromatic nitrogens is 1. The van der Waals surface area contributed by atoms with Gasteiger partial charge in [-0.2, -0.15) is 0 Å². The monoisotopic (exact) mass is 220 g/mol. The lowest BCUT2D eigenvalue weighted by molar-refractivity contribution is 0.107. The molecule has 2 heterocycles. The fourth-order valence-electron chi connectivity index (χ4n) is 2.46. The standard InChI is InChI=1S/C14H8N2O/c17-12-7-15-11-6-5-9-8-3-1-2-4-10(8)16-14(9)13(11)12/h1-7,16H. The Kier molecular flexibility index (Phi) is 1.45. The van der Waals surface area contributed by atoms with E-state index >= 15 is 0 Å². The van der Waals surface area contributed by atoms with Crippen molar-refractivity contribution >= 4 is 39.5 Å². The number of aromatic amines is 1. The predicted octanol–water partition coefficient (Wildman–Crippen LogP) is 3.22. The van der Waals surface area contributed by atoms with E-state index in [-0.39, 0.29) is 5.78 Å². The highest BCUT2D eigenvalue weighted by molar-refractivity contribution is 6.43. The lowest BCUT2D eigenvalue weighted by Crippen LogP contribution is -1.94. The lowest BCUT2D eigenvalue weighted by Gasteiger charge is -1.97. The molecule has 0 spiro atoms. The molecule has 0 bridgehead atoms. The molecule has 3 nitrogen and oxygen atoms in total. The third-order valence-corrected chi connectivity index (χ3v) is 3.23. The number of nitrogens with one attached hydrogen (secondary N) is 1. The average molecular weight is 220 g/mol. The minimum absolute atomic E-state index is 0.0165. The zero-order chi connectivity index (χ0) is 11.4. The third-order valence-electron chi connectivity index (χ3n) is 3.23. The number of carbonyl (C=O) groups is 1. The quantitative estimate of drug-likeness (QED) is 0.621. The van der Waals surface area contributed by atoms with Crippen LogP contribution in [-0.4, -0.2) is 17.0 Å². The van der Waals surface area contributed by atoms with Crippen LogP contribution in [0.15, 0.2) is 41.4 Å². The fraction of sp³-hybridized carbons (Fsp3) is 0. The first kappa shape index (κ1) is 8.70. The number of rotatable bonds is 0. The Morgan fingerprint density at radius 3 is 2.82 bits per heavy atom. The Morgan fingerprint density at radius 2 is 1.88 bits per heavy atom. The number of ketones is 1. The summed E-state index contributed by atoms with van der Waals surface area (Å²) in [6.07, 6.45) is 1.38. The van der Waals surface area contributed by atoms with Crippen molar-refractivity contribution in [1.82, 2.24) is 4.98 Å². The van der Waals surface area contributed by atoms with Crippen LogP contribution in [0.25, 0.3) is 21.8 Å². The van der Waals surface area contributed by atoms with Crippen LogP contribution in [0.4, 0.5) is 5.69 Å². The highest BCUT2D eigenvalue weighted by Crippen LogP contribution is 2.34. The molecule has 0 amide bonds. The van der Waals surface area contributed by atoms with E-state index in [0.717, 1.165) is 27.5 Å². The molecule has 0 aliphatic carbocycles. The number of hydrogen-bond donors (Lipinski definition) is 1. The van der Waals surface area contributed by atoms with Crippen molar-refractivity contribution in [2.45, 2.75) is 0 Å². The Balaban J connectivity index is 2.27. The minimum atomic E-state index is -0.0165. The van der Waals surface area contributed by atoms with Gasteiger partial charge in [0.1, 0.15) is 0 Å². The number of carbonyl (C=O) groups excluding carboxylic acids is 1. The molecule has 0 saturated carbocycles. The molecule has 2 aromatic carbocycles. The molecule has 3 aromatic rings. The summed E-state index contributed by atoms with van der Waals surface area (Å²) < 4.78 is 0. The van der Waals surface area contributed by atoms with Gasteiger partial charge < -0.3 is 4.98 Å². The third kappa shape index (κ3) is 1.00. The molecule has 80 valence electrons. The molecule has 1 aliphatic rings. The van der Waals surface area contributed by atoms with Crippen molar-refractivity contribution in [3.05, 3.63) is 42.0 Å². The Bertz CT molecular complexity index is 812. The topological polar surface area (TPSA) is 45.2 Å². The number of aliphatic imine (C=N–C) groups is 1. The molecule has 17 heavy (non-hydrogen) atoms. The van der Waals surface area contributed by atoms with Gasteiger partial charge >= 0.3 is 0 Å². The van der Waals surface area contributed by atoms with Gasteiger partial charge in [-0.15, -0.1) is 0 Å². The van der Waals surface area contributed by atoms with Crippen molar-refractivity contribution in [3.63, 3.8) is 0 Å². The Labute approximate surface area is 96.8 Å². The van der Waals surface area contributed by atoms with Gasteiger partial charge in [0.05, 0.1) is 23.0 Å². The second-order valence-corrected chi connectivity index (χ2v) is 4.18. The first-order chi connectivity index (χ1) is 8.34. The highest BCUT2D eigenvalue weighted by Gasteiger charge is 2.20. The molecular weight excluding hydrogens is 212 g/mol. The number of H-pyrrole nitrogens is 1. The van der Waals surface area contributed by atoms with Crippen molar-refractivity contribution in [3.8, 4) is 0 Å². The molecular formula is C14H8N2O. The second kappa shape index (κ2) is 2.83. The van der Waals surface area contributed by atoms with E-state index in [4.69, 9.17) is 0 Å². The predicted molar refractivity (Wildman–Crippen MR) is 68.3 cm³/mol. The zero-order valence-corrected chi connectivity index (χ0v) is 8.90. The summed E-state index contributed by atoms with van der Waals surface area (Å²) in [5.41, 5.74) is 3.40. The van der Waals surface area contributed by atoms with Gasteiger partial charge in [-0.05, 0) is 12.1 Å². The van der Waals surface area contributed by atoms with E-state index < -0.39 is 0 Å². The van der Waals surface area contributed by atoms with Crippen LogP contribution in [0.3, 0.4) is 0 Å². The molecule has 0 radical (unpaired) electrons. The molecule has 0 saturated heterocycles. The number of nitrogens with zero attached hydrogens (tertiary/aromatic N) is 1. The molecule has 3 heteroatoms. The number of hydrogen-bond acceptors (Lipinski definition) is 2. The summed E-state index contributed by atoms with van der Waals surface area (Å²) in [7, 11) is 0. The zero-order valence-electron chi connectivity index (χ0n) is 8.90. The summed E-state index contributed by atoms with van der Waals surface area (Å²) in [5.74, 6) is -0.0165. The first-order valence-electron chi connectivity index (χ1n) is 5.46. The molecule has 0 unspecified atom stereocenters. The molecule has 0 fully saturated rings. The van der Waals surface area contributed by atoms with Crippen molar-refractivity contribution < 1.29 is 4.79 Å². The van der Waals surface area contributed by atoms with Crippen molar-refractivity contribution in [2.24, 2.45) is 4.99 Å². The van der Waals surface area contributed by atoms with E-state index in [1.54, 1.807) is 0 Å². The molecule has 4 rings (SSSR count). The highest BCUT2D eigenvalue weighted by atomic mass is 16.1. The summed E-state index contributed by atoms with van der Waals surface area (Å²) in [6, 6.07) is 12.0. The van der Waals surface area contributed by atoms with Crippen LogP contribution in [-0.2, 0) is 0 Å². The Morgan fingerprint density at radius 1 is 1.00 bits per heavy atom. The Hall–Kier alpha value is -2.42. The van der Waals surface area contributed by atoms with Gasteiger partial charge in [0.25, 0.3) is 0 Å². The number of para-hydroxylation sites is 1. The molecule has 1 N–H and O–H groups in total. The normalized spacial score (nSPS) is 13.8. The average Bonchev–Trinajstić information content (AvgIpc) is 2.90. The minimum Gasteiger partial charge on any atom is -0.354 e. The van der Waals surface area contributed by atoms with Crippen LogP contribution in [0.5, 0.6) is 0 Å². The van der Waals surface area contributed by atoms with Crippen LogP contribution in [0.2, 0.25) is 0 Å². The van der Waals surface area contributed by atoms with Gasteiger partial charge in [0.2, 0.25) is 5.78 Å². The number of Topliss-reactive ketones (excluding diaryl/α,β-unsaturated/α-hetero) is 1. The van der Waals surface area contributed by atoms with Crippen LogP contribution >= 0.6 is 0 Å². The van der Waals surface area contributed by atoms with E-state index in [1.807, 2.05) is 30.3 Å². The fourth-order valence-corrected chi connectivity index (χ4v) is 2.46. The van der Waals surface area contributed by atoms with Crippen LogP contribution in [0.1, 0.15) is 10.4 Å². The van der Waals surface area contributed by atoms with Gasteiger partial charge in [-0.25, -0.2) is 0 Å². The van der Waals surface area contributed by atoms with E-state index in [9.17, 15) is 4.79 Å². The number of benzene rings is 2.